The SMILES string of the molecule is C[n+]1cnc(Cn2c3c(c(O)c(C(=O)NCC(=O)O)c2=O)COC3)[nH]1. The van der Waals surface area contributed by atoms with Crippen LogP contribution in [0.1, 0.15) is 27.4 Å². The summed E-state index contributed by atoms with van der Waals surface area (Å²) in [6.07, 6.45) is 1.53. The summed E-state index contributed by atoms with van der Waals surface area (Å²) in [6.45, 7) is -0.460. The van der Waals surface area contributed by atoms with Crippen LogP contribution in [0.15, 0.2) is 11.1 Å². The third-order valence-corrected chi connectivity index (χ3v) is 3.77. The molecular formula is C14H16N5O6+. The Labute approximate surface area is 140 Å². The highest BCUT2D eigenvalue weighted by Crippen LogP contribution is 2.29. The molecule has 4 N–H and O–H groups in total. The molecule has 11 heteroatoms. The number of aromatic nitrogens is 4. The summed E-state index contributed by atoms with van der Waals surface area (Å²) in [5.41, 5.74) is -0.475. The summed E-state index contributed by atoms with van der Waals surface area (Å²) in [4.78, 5) is 39.6. The number of carboxylic acids is 1. The van der Waals surface area contributed by atoms with E-state index in [0.717, 1.165) is 0 Å². The van der Waals surface area contributed by atoms with E-state index in [-0.39, 0.29) is 19.8 Å². The van der Waals surface area contributed by atoms with Gasteiger partial charge < -0.3 is 20.3 Å². The summed E-state index contributed by atoms with van der Waals surface area (Å²) in [6, 6.07) is 0. The highest BCUT2D eigenvalue weighted by atomic mass is 16.5. The highest BCUT2D eigenvalue weighted by Gasteiger charge is 2.29. The van der Waals surface area contributed by atoms with E-state index in [1.165, 1.54) is 10.9 Å². The predicted octanol–water partition coefficient (Wildman–Crippen LogP) is -2.01. The average Bonchev–Trinajstić information content (AvgIpc) is 3.18. The molecule has 11 nitrogen and oxygen atoms in total. The van der Waals surface area contributed by atoms with Gasteiger partial charge in [-0.15, -0.1) is 0 Å². The molecule has 1 amide bonds. The molecule has 0 aromatic carbocycles. The zero-order valence-corrected chi connectivity index (χ0v) is 13.3. The monoisotopic (exact) mass is 350 g/mol. The van der Waals surface area contributed by atoms with Crippen molar-refractivity contribution in [3.63, 3.8) is 0 Å². The zero-order valence-electron chi connectivity index (χ0n) is 13.3. The minimum Gasteiger partial charge on any atom is -0.506 e. The Kier molecular flexibility index (Phi) is 4.23. The first-order chi connectivity index (χ1) is 11.9. The maximum Gasteiger partial charge on any atom is 0.322 e. The van der Waals surface area contributed by atoms with E-state index in [2.05, 4.69) is 15.4 Å². The van der Waals surface area contributed by atoms with Gasteiger partial charge in [0.1, 0.15) is 31.5 Å². The smallest absolute Gasteiger partial charge is 0.322 e. The van der Waals surface area contributed by atoms with Crippen molar-refractivity contribution >= 4 is 11.9 Å². The predicted molar refractivity (Wildman–Crippen MR) is 79.7 cm³/mol. The number of rotatable bonds is 5. The van der Waals surface area contributed by atoms with Gasteiger partial charge in [-0.2, -0.15) is 9.78 Å². The van der Waals surface area contributed by atoms with Gasteiger partial charge in [0.25, 0.3) is 17.3 Å². The molecule has 0 radical (unpaired) electrons. The van der Waals surface area contributed by atoms with E-state index in [1.54, 1.807) is 11.7 Å². The van der Waals surface area contributed by atoms with Crippen LogP contribution >= 0.6 is 0 Å². The van der Waals surface area contributed by atoms with Crippen LogP contribution in [-0.2, 0) is 36.3 Å². The average molecular weight is 350 g/mol. The number of aromatic amines is 1. The molecule has 0 saturated carbocycles. The molecular weight excluding hydrogens is 334 g/mol. The lowest BCUT2D eigenvalue weighted by Gasteiger charge is -2.13. The van der Waals surface area contributed by atoms with Gasteiger partial charge in [0.2, 0.25) is 0 Å². The van der Waals surface area contributed by atoms with Gasteiger partial charge in [-0.05, 0) is 4.98 Å². The van der Waals surface area contributed by atoms with E-state index in [9.17, 15) is 19.5 Å². The molecule has 0 unspecified atom stereocenters. The van der Waals surface area contributed by atoms with Crippen molar-refractivity contribution in [2.75, 3.05) is 6.54 Å². The topological polar surface area (TPSA) is 150 Å². The number of aliphatic carboxylic acids is 1. The first-order valence-electron chi connectivity index (χ1n) is 7.33. The molecule has 2 aromatic rings. The first-order valence-corrected chi connectivity index (χ1v) is 7.33. The number of amides is 1. The lowest BCUT2D eigenvalue weighted by molar-refractivity contribution is -0.728. The van der Waals surface area contributed by atoms with Crippen LogP contribution in [0.3, 0.4) is 0 Å². The maximum atomic E-state index is 12.7. The number of carboxylic acid groups (broad SMARTS) is 1. The van der Waals surface area contributed by atoms with Crippen LogP contribution in [0.4, 0.5) is 0 Å². The fourth-order valence-electron chi connectivity index (χ4n) is 2.64. The standard InChI is InChI=1S/C14H15N5O6/c1-18-6-16-9(17-18)3-19-8-5-25-4-7(8)12(22)11(14(19)24)13(23)15-2-10(20)21/h6H,2-5H2,1H3,(H3,15,20,21,22,23,24)/p+1. The molecule has 1 aliphatic rings. The Balaban J connectivity index is 2.07. The fourth-order valence-corrected chi connectivity index (χ4v) is 2.64. The number of nitrogens with zero attached hydrogens (tertiary/aromatic N) is 3. The van der Waals surface area contributed by atoms with E-state index >= 15 is 0 Å². The van der Waals surface area contributed by atoms with Crippen LogP contribution in [-0.4, -0.2) is 43.3 Å². The number of pyridine rings is 1. The van der Waals surface area contributed by atoms with Crippen LogP contribution in [0.2, 0.25) is 0 Å². The summed E-state index contributed by atoms with van der Waals surface area (Å²) in [7, 11) is 1.73. The van der Waals surface area contributed by atoms with Gasteiger partial charge in [-0.1, -0.05) is 0 Å². The highest BCUT2D eigenvalue weighted by molar-refractivity contribution is 5.98. The number of carbonyl (C=O) groups excluding carboxylic acids is 1. The second kappa shape index (κ2) is 6.36. The molecule has 3 rings (SSSR count). The van der Waals surface area contributed by atoms with Crippen LogP contribution in [0.5, 0.6) is 5.75 Å². The molecule has 3 heterocycles. The molecule has 0 atom stereocenters. The molecule has 0 bridgehead atoms. The quantitative estimate of drug-likeness (QED) is 0.455. The second-order valence-electron chi connectivity index (χ2n) is 5.52. The van der Waals surface area contributed by atoms with Crippen molar-refractivity contribution in [1.82, 2.24) is 20.0 Å². The second-order valence-corrected chi connectivity index (χ2v) is 5.52. The summed E-state index contributed by atoms with van der Waals surface area (Å²) < 4.78 is 8.17. The molecule has 0 fully saturated rings. The largest absolute Gasteiger partial charge is 0.506 e. The van der Waals surface area contributed by atoms with Crippen LogP contribution < -0.4 is 15.6 Å². The number of hydrogen-bond acceptors (Lipinski definition) is 6. The Morgan fingerprint density at radius 2 is 2.24 bits per heavy atom. The van der Waals surface area contributed by atoms with Gasteiger partial charge >= 0.3 is 12.3 Å². The Morgan fingerprint density at radius 1 is 1.48 bits per heavy atom. The third-order valence-electron chi connectivity index (χ3n) is 3.77. The molecule has 0 aliphatic carbocycles. The number of fused-ring (bicyclic) bond motifs is 1. The number of nitrogens with one attached hydrogen (secondary N) is 2. The van der Waals surface area contributed by atoms with Crippen LogP contribution in [0, 0.1) is 0 Å². The van der Waals surface area contributed by atoms with Crippen molar-refractivity contribution in [3.8, 4) is 5.75 Å². The third kappa shape index (κ3) is 3.08. The molecule has 1 aliphatic heterocycles. The minimum atomic E-state index is -1.26. The van der Waals surface area contributed by atoms with E-state index in [4.69, 9.17) is 9.84 Å². The Morgan fingerprint density at radius 3 is 2.88 bits per heavy atom. The van der Waals surface area contributed by atoms with E-state index < -0.39 is 35.3 Å². The van der Waals surface area contributed by atoms with Crippen molar-refractivity contribution in [2.45, 2.75) is 19.8 Å². The van der Waals surface area contributed by atoms with Crippen molar-refractivity contribution in [2.24, 2.45) is 7.05 Å². The number of aryl methyl sites for hydroxylation is 1. The maximum absolute atomic E-state index is 12.7. The zero-order chi connectivity index (χ0) is 18.1. The Hall–Kier alpha value is -3.21. The number of hydrogen-bond donors (Lipinski definition) is 4. The summed E-state index contributed by atoms with van der Waals surface area (Å²) in [5, 5.41) is 23.9. The molecule has 0 saturated heterocycles. The lowest BCUT2D eigenvalue weighted by atomic mass is 10.1. The van der Waals surface area contributed by atoms with Gasteiger partial charge in [0.05, 0.1) is 18.9 Å². The minimum absolute atomic E-state index is 0.0465. The van der Waals surface area contributed by atoms with E-state index in [1.807, 2.05) is 0 Å². The van der Waals surface area contributed by atoms with E-state index in [0.29, 0.717) is 17.1 Å². The molecule has 0 spiro atoms. The number of carbonyl (C=O) groups is 2. The fraction of sp³-hybridized carbons (Fsp3) is 0.357. The van der Waals surface area contributed by atoms with Crippen molar-refractivity contribution in [1.29, 1.82) is 0 Å². The van der Waals surface area contributed by atoms with Crippen molar-refractivity contribution < 1.29 is 29.2 Å². The van der Waals surface area contributed by atoms with Gasteiger partial charge in [-0.25, -0.2) is 0 Å². The molecule has 2 aromatic heterocycles. The number of H-pyrrole nitrogens is 1. The summed E-state index contributed by atoms with van der Waals surface area (Å²) in [5.74, 6) is -2.23. The van der Waals surface area contributed by atoms with Crippen LogP contribution in [0.25, 0.3) is 0 Å². The number of ether oxygens (including phenoxy) is 1. The van der Waals surface area contributed by atoms with Gasteiger partial charge in [0, 0.05) is 5.56 Å². The normalized spacial score (nSPS) is 12.8. The molecule has 132 valence electrons. The lowest BCUT2D eigenvalue weighted by Crippen LogP contribution is -2.37. The number of aromatic hydroxyl groups is 1. The summed E-state index contributed by atoms with van der Waals surface area (Å²) >= 11 is 0. The first kappa shape index (κ1) is 16.6. The Bertz CT molecular complexity index is 915. The molecule has 25 heavy (non-hydrogen) atoms. The van der Waals surface area contributed by atoms with Gasteiger partial charge in [-0.3, -0.25) is 19.0 Å². The van der Waals surface area contributed by atoms with Crippen molar-refractivity contribution in [3.05, 3.63) is 39.3 Å². The van der Waals surface area contributed by atoms with Gasteiger partial charge in [0.15, 0.2) is 0 Å².